The molecule has 0 aliphatic heterocycles. The molecule has 1 aromatic carbocycles. The first-order valence-corrected chi connectivity index (χ1v) is 9.00. The van der Waals surface area contributed by atoms with E-state index < -0.39 is 5.97 Å². The van der Waals surface area contributed by atoms with Gasteiger partial charge >= 0.3 is 5.97 Å². The molecule has 2 aromatic rings. The van der Waals surface area contributed by atoms with Gasteiger partial charge in [-0.3, -0.25) is 0 Å². The SMILES string of the molecule is COC(=O)c1cnc(Oc2ccc(C3CCCCCC3)cc2)c(C)c1. The lowest BCUT2D eigenvalue weighted by atomic mass is 9.92. The van der Waals surface area contributed by atoms with Crippen LogP contribution >= 0.6 is 0 Å². The fourth-order valence-corrected chi connectivity index (χ4v) is 3.43. The standard InChI is InChI=1S/C21H25NO3/c1-15-13-18(21(23)24-2)14-22-20(15)25-19-11-9-17(10-12-19)16-7-5-3-4-6-8-16/h9-14,16H,3-8H2,1-2H3. The highest BCUT2D eigenvalue weighted by Crippen LogP contribution is 2.33. The molecule has 3 rings (SSSR count). The Morgan fingerprint density at radius 3 is 2.36 bits per heavy atom. The molecule has 1 aromatic heterocycles. The zero-order valence-corrected chi connectivity index (χ0v) is 15.0. The van der Waals surface area contributed by atoms with E-state index in [0.717, 1.165) is 11.3 Å². The Bertz CT molecular complexity index is 716. The molecule has 0 atom stereocenters. The smallest absolute Gasteiger partial charge is 0.339 e. The zero-order chi connectivity index (χ0) is 17.6. The maximum Gasteiger partial charge on any atom is 0.339 e. The van der Waals surface area contributed by atoms with Crippen molar-refractivity contribution in [1.82, 2.24) is 4.98 Å². The lowest BCUT2D eigenvalue weighted by Gasteiger charge is -2.15. The van der Waals surface area contributed by atoms with Gasteiger partial charge in [-0.05, 0) is 49.4 Å². The number of pyridine rings is 1. The van der Waals surface area contributed by atoms with Gasteiger partial charge in [-0.2, -0.15) is 0 Å². The topological polar surface area (TPSA) is 48.4 Å². The second-order valence-electron chi connectivity index (χ2n) is 6.70. The summed E-state index contributed by atoms with van der Waals surface area (Å²) in [7, 11) is 1.36. The fraction of sp³-hybridized carbons (Fsp3) is 0.429. The van der Waals surface area contributed by atoms with Crippen molar-refractivity contribution in [2.45, 2.75) is 51.4 Å². The summed E-state index contributed by atoms with van der Waals surface area (Å²) in [6, 6.07) is 10.1. The summed E-state index contributed by atoms with van der Waals surface area (Å²) >= 11 is 0. The van der Waals surface area contributed by atoms with Gasteiger partial charge in [0.25, 0.3) is 0 Å². The number of rotatable bonds is 4. The molecule has 1 heterocycles. The van der Waals surface area contributed by atoms with E-state index >= 15 is 0 Å². The lowest BCUT2D eigenvalue weighted by molar-refractivity contribution is 0.0600. The van der Waals surface area contributed by atoms with E-state index in [0.29, 0.717) is 17.4 Å². The maximum absolute atomic E-state index is 11.5. The minimum Gasteiger partial charge on any atom is -0.465 e. The molecular weight excluding hydrogens is 314 g/mol. The third-order valence-electron chi connectivity index (χ3n) is 4.87. The molecule has 132 valence electrons. The molecule has 1 fully saturated rings. The van der Waals surface area contributed by atoms with Crippen molar-refractivity contribution in [3.05, 3.63) is 53.2 Å². The van der Waals surface area contributed by atoms with E-state index in [9.17, 15) is 4.79 Å². The van der Waals surface area contributed by atoms with Crippen LogP contribution in [0.2, 0.25) is 0 Å². The number of nitrogens with zero attached hydrogens (tertiary/aromatic N) is 1. The number of ether oxygens (including phenoxy) is 2. The Balaban J connectivity index is 1.70. The van der Waals surface area contributed by atoms with E-state index in [2.05, 4.69) is 17.1 Å². The van der Waals surface area contributed by atoms with E-state index in [1.54, 1.807) is 6.07 Å². The molecule has 0 unspecified atom stereocenters. The summed E-state index contributed by atoms with van der Waals surface area (Å²) in [4.78, 5) is 15.8. The molecule has 1 aliphatic rings. The average molecular weight is 339 g/mol. The Morgan fingerprint density at radius 1 is 1.08 bits per heavy atom. The predicted molar refractivity (Wildman–Crippen MR) is 97.3 cm³/mol. The lowest BCUT2D eigenvalue weighted by Crippen LogP contribution is -2.03. The molecule has 25 heavy (non-hydrogen) atoms. The van der Waals surface area contributed by atoms with Crippen molar-refractivity contribution in [1.29, 1.82) is 0 Å². The zero-order valence-electron chi connectivity index (χ0n) is 15.0. The van der Waals surface area contributed by atoms with Gasteiger partial charge in [-0.15, -0.1) is 0 Å². The number of carbonyl (C=O) groups is 1. The number of aromatic nitrogens is 1. The normalized spacial score (nSPS) is 15.4. The highest BCUT2D eigenvalue weighted by molar-refractivity contribution is 5.89. The Hall–Kier alpha value is -2.36. The largest absolute Gasteiger partial charge is 0.465 e. The van der Waals surface area contributed by atoms with E-state index in [1.165, 1.54) is 57.4 Å². The maximum atomic E-state index is 11.5. The van der Waals surface area contributed by atoms with E-state index in [1.807, 2.05) is 19.1 Å². The van der Waals surface area contributed by atoms with Gasteiger partial charge in [0.15, 0.2) is 0 Å². The molecule has 1 aliphatic carbocycles. The molecule has 0 saturated heterocycles. The predicted octanol–water partition coefficient (Wildman–Crippen LogP) is 5.41. The summed E-state index contributed by atoms with van der Waals surface area (Å²) in [5.74, 6) is 1.55. The first-order valence-electron chi connectivity index (χ1n) is 9.00. The molecule has 0 bridgehead atoms. The van der Waals surface area contributed by atoms with Crippen molar-refractivity contribution in [3.63, 3.8) is 0 Å². The Morgan fingerprint density at radius 2 is 1.76 bits per heavy atom. The number of carbonyl (C=O) groups excluding carboxylic acids is 1. The van der Waals surface area contributed by atoms with E-state index in [4.69, 9.17) is 9.47 Å². The number of esters is 1. The summed E-state index contributed by atoms with van der Waals surface area (Å²) in [5.41, 5.74) is 2.63. The Labute approximate surface area is 149 Å². The quantitative estimate of drug-likeness (QED) is 0.552. The summed E-state index contributed by atoms with van der Waals surface area (Å²) < 4.78 is 10.6. The number of aryl methyl sites for hydroxylation is 1. The number of hydrogen-bond acceptors (Lipinski definition) is 4. The second-order valence-corrected chi connectivity index (χ2v) is 6.70. The van der Waals surface area contributed by atoms with Crippen LogP contribution in [0, 0.1) is 6.92 Å². The number of hydrogen-bond donors (Lipinski definition) is 0. The van der Waals surface area contributed by atoms with Crippen LogP contribution in [0.5, 0.6) is 11.6 Å². The summed E-state index contributed by atoms with van der Waals surface area (Å²) in [5, 5.41) is 0. The Kier molecular flexibility index (Phi) is 5.69. The van der Waals surface area contributed by atoms with Crippen molar-refractivity contribution in [3.8, 4) is 11.6 Å². The van der Waals surface area contributed by atoms with Crippen molar-refractivity contribution in [2.24, 2.45) is 0 Å². The molecule has 0 spiro atoms. The average Bonchev–Trinajstić information content (AvgIpc) is 2.93. The summed E-state index contributed by atoms with van der Waals surface area (Å²) in [6.07, 6.45) is 9.45. The van der Waals surface area contributed by atoms with Crippen LogP contribution in [0.15, 0.2) is 36.5 Å². The van der Waals surface area contributed by atoms with Crippen LogP contribution < -0.4 is 4.74 Å². The molecule has 0 radical (unpaired) electrons. The molecule has 0 amide bonds. The minimum atomic E-state index is -0.394. The highest BCUT2D eigenvalue weighted by atomic mass is 16.5. The van der Waals surface area contributed by atoms with Crippen molar-refractivity contribution in [2.75, 3.05) is 7.11 Å². The van der Waals surface area contributed by atoms with Gasteiger partial charge < -0.3 is 9.47 Å². The van der Waals surface area contributed by atoms with E-state index in [-0.39, 0.29) is 0 Å². The molecular formula is C21H25NO3. The van der Waals surface area contributed by atoms with Crippen LogP contribution in [0.1, 0.15) is 65.9 Å². The second kappa shape index (κ2) is 8.15. The minimum absolute atomic E-state index is 0.394. The van der Waals surface area contributed by atoms with Gasteiger partial charge in [0, 0.05) is 11.8 Å². The first-order chi connectivity index (χ1) is 12.2. The van der Waals surface area contributed by atoms with Crippen molar-refractivity contribution < 1.29 is 14.3 Å². The highest BCUT2D eigenvalue weighted by Gasteiger charge is 2.15. The first kappa shape index (κ1) is 17.5. The van der Waals surface area contributed by atoms with Gasteiger partial charge in [0.1, 0.15) is 5.75 Å². The number of benzene rings is 1. The van der Waals surface area contributed by atoms with Crippen LogP contribution in [-0.4, -0.2) is 18.1 Å². The van der Waals surface area contributed by atoms with Gasteiger partial charge in [-0.25, -0.2) is 9.78 Å². The van der Waals surface area contributed by atoms with Crippen LogP contribution in [0.3, 0.4) is 0 Å². The van der Waals surface area contributed by atoms with Gasteiger partial charge in [0.05, 0.1) is 12.7 Å². The molecule has 0 N–H and O–H groups in total. The monoisotopic (exact) mass is 339 g/mol. The van der Waals surface area contributed by atoms with Crippen molar-refractivity contribution >= 4 is 5.97 Å². The van der Waals surface area contributed by atoms with Crippen LogP contribution in [0.4, 0.5) is 0 Å². The van der Waals surface area contributed by atoms with Gasteiger partial charge in [-0.1, -0.05) is 37.8 Å². The molecule has 1 saturated carbocycles. The molecule has 4 heteroatoms. The van der Waals surface area contributed by atoms with Crippen LogP contribution in [-0.2, 0) is 4.74 Å². The third-order valence-corrected chi connectivity index (χ3v) is 4.87. The third kappa shape index (κ3) is 4.38. The van der Waals surface area contributed by atoms with Gasteiger partial charge in [0.2, 0.25) is 5.88 Å². The molecule has 4 nitrogen and oxygen atoms in total. The fourth-order valence-electron chi connectivity index (χ4n) is 3.43. The van der Waals surface area contributed by atoms with Crippen LogP contribution in [0.25, 0.3) is 0 Å². The number of methoxy groups -OCH3 is 1. The summed E-state index contributed by atoms with van der Waals surface area (Å²) in [6.45, 7) is 1.87.